The Morgan fingerprint density at radius 3 is 2.76 bits per heavy atom. The molecule has 0 N–H and O–H groups in total. The summed E-state index contributed by atoms with van der Waals surface area (Å²) in [5.41, 5.74) is 3.51. The van der Waals surface area contributed by atoms with Crippen molar-refractivity contribution in [1.29, 1.82) is 0 Å². The van der Waals surface area contributed by atoms with E-state index in [1.165, 1.54) is 5.56 Å². The van der Waals surface area contributed by atoms with Crippen LogP contribution in [-0.2, 0) is 12.4 Å². The molecule has 1 aromatic heterocycles. The van der Waals surface area contributed by atoms with Crippen molar-refractivity contribution in [2.24, 2.45) is 0 Å². The van der Waals surface area contributed by atoms with Gasteiger partial charge in [-0.2, -0.15) is 11.3 Å². The number of alkyl halides is 1. The molecule has 0 bridgehead atoms. The van der Waals surface area contributed by atoms with E-state index >= 15 is 0 Å². The fourth-order valence-corrected chi connectivity index (χ4v) is 2.84. The molecular formula is C13H13Cl2NS. The molecule has 0 fully saturated rings. The van der Waals surface area contributed by atoms with Gasteiger partial charge < -0.3 is 4.90 Å². The van der Waals surface area contributed by atoms with Gasteiger partial charge >= 0.3 is 0 Å². The van der Waals surface area contributed by atoms with E-state index in [9.17, 15) is 0 Å². The summed E-state index contributed by atoms with van der Waals surface area (Å²) in [6.07, 6.45) is 0. The predicted molar refractivity (Wildman–Crippen MR) is 77.4 cm³/mol. The van der Waals surface area contributed by atoms with Crippen LogP contribution in [-0.4, -0.2) is 7.05 Å². The van der Waals surface area contributed by atoms with Gasteiger partial charge in [-0.1, -0.05) is 11.6 Å². The zero-order valence-corrected chi connectivity index (χ0v) is 11.8. The predicted octanol–water partition coefficient (Wildman–Crippen LogP) is 4.78. The standard InChI is InChI=1S/C13H13Cl2NS/c1-16(8-10-4-5-17-9-10)13-3-2-12(15)6-11(13)7-14/h2-6,9H,7-8H2,1H3. The summed E-state index contributed by atoms with van der Waals surface area (Å²) in [5.74, 6) is 0.476. The Balaban J connectivity index is 2.21. The molecule has 0 atom stereocenters. The summed E-state index contributed by atoms with van der Waals surface area (Å²) in [7, 11) is 2.07. The molecule has 2 rings (SSSR count). The summed E-state index contributed by atoms with van der Waals surface area (Å²) in [5, 5.41) is 4.98. The summed E-state index contributed by atoms with van der Waals surface area (Å²) in [6.45, 7) is 0.884. The number of rotatable bonds is 4. The van der Waals surface area contributed by atoms with E-state index in [2.05, 4.69) is 28.8 Å². The highest BCUT2D eigenvalue weighted by atomic mass is 35.5. The third-order valence-electron chi connectivity index (χ3n) is 2.60. The summed E-state index contributed by atoms with van der Waals surface area (Å²) < 4.78 is 0. The van der Waals surface area contributed by atoms with Crippen LogP contribution in [0.1, 0.15) is 11.1 Å². The van der Waals surface area contributed by atoms with Crippen LogP contribution in [0.3, 0.4) is 0 Å². The molecular weight excluding hydrogens is 273 g/mol. The van der Waals surface area contributed by atoms with E-state index in [1.807, 2.05) is 18.2 Å². The second-order valence-corrected chi connectivity index (χ2v) is 5.38. The SMILES string of the molecule is CN(Cc1ccsc1)c1ccc(Cl)cc1CCl. The zero-order valence-electron chi connectivity index (χ0n) is 9.49. The number of hydrogen-bond acceptors (Lipinski definition) is 2. The smallest absolute Gasteiger partial charge is 0.0495 e. The molecule has 17 heavy (non-hydrogen) atoms. The Labute approximate surface area is 116 Å². The fourth-order valence-electron chi connectivity index (χ4n) is 1.78. The Morgan fingerprint density at radius 2 is 2.12 bits per heavy atom. The van der Waals surface area contributed by atoms with Crippen molar-refractivity contribution in [1.82, 2.24) is 0 Å². The molecule has 2 aromatic rings. The fraction of sp³-hybridized carbons (Fsp3) is 0.231. The van der Waals surface area contributed by atoms with Gasteiger partial charge in [-0.3, -0.25) is 0 Å². The minimum Gasteiger partial charge on any atom is -0.370 e. The third kappa shape index (κ3) is 3.15. The maximum atomic E-state index is 5.97. The molecule has 0 aliphatic heterocycles. The molecule has 90 valence electrons. The average molecular weight is 286 g/mol. The first-order chi connectivity index (χ1) is 8.20. The summed E-state index contributed by atoms with van der Waals surface area (Å²) in [4.78, 5) is 2.19. The largest absolute Gasteiger partial charge is 0.370 e. The van der Waals surface area contributed by atoms with Crippen LogP contribution in [0.2, 0.25) is 5.02 Å². The molecule has 0 amide bonds. The molecule has 0 spiro atoms. The first kappa shape index (κ1) is 12.7. The van der Waals surface area contributed by atoms with E-state index in [4.69, 9.17) is 23.2 Å². The molecule has 4 heteroatoms. The van der Waals surface area contributed by atoms with Crippen molar-refractivity contribution in [3.63, 3.8) is 0 Å². The molecule has 0 saturated carbocycles. The minimum atomic E-state index is 0.476. The van der Waals surface area contributed by atoms with Crippen molar-refractivity contribution in [3.05, 3.63) is 51.2 Å². The lowest BCUT2D eigenvalue weighted by Crippen LogP contribution is -2.17. The highest BCUT2D eigenvalue weighted by Gasteiger charge is 2.08. The van der Waals surface area contributed by atoms with Crippen LogP contribution in [0.4, 0.5) is 5.69 Å². The van der Waals surface area contributed by atoms with E-state index in [-0.39, 0.29) is 0 Å². The van der Waals surface area contributed by atoms with Gasteiger partial charge in [-0.25, -0.2) is 0 Å². The van der Waals surface area contributed by atoms with Crippen molar-refractivity contribution in [2.45, 2.75) is 12.4 Å². The second kappa shape index (κ2) is 5.76. The highest BCUT2D eigenvalue weighted by molar-refractivity contribution is 7.07. The maximum absolute atomic E-state index is 5.97. The number of halogens is 2. The van der Waals surface area contributed by atoms with E-state index in [0.29, 0.717) is 5.88 Å². The molecule has 0 saturated heterocycles. The van der Waals surface area contributed by atoms with E-state index in [0.717, 1.165) is 22.8 Å². The van der Waals surface area contributed by atoms with Gasteiger partial charge in [-0.05, 0) is 46.2 Å². The first-order valence-electron chi connectivity index (χ1n) is 5.27. The van der Waals surface area contributed by atoms with Crippen LogP contribution >= 0.6 is 34.5 Å². The van der Waals surface area contributed by atoms with Crippen molar-refractivity contribution in [3.8, 4) is 0 Å². The minimum absolute atomic E-state index is 0.476. The molecule has 1 nitrogen and oxygen atoms in total. The van der Waals surface area contributed by atoms with Crippen LogP contribution in [0, 0.1) is 0 Å². The normalized spacial score (nSPS) is 10.5. The van der Waals surface area contributed by atoms with Crippen LogP contribution in [0.25, 0.3) is 0 Å². The van der Waals surface area contributed by atoms with Gasteiger partial charge in [0.25, 0.3) is 0 Å². The molecule has 0 radical (unpaired) electrons. The van der Waals surface area contributed by atoms with E-state index < -0.39 is 0 Å². The lowest BCUT2D eigenvalue weighted by molar-refractivity contribution is 0.920. The van der Waals surface area contributed by atoms with Gasteiger partial charge in [-0.15, -0.1) is 11.6 Å². The molecule has 0 unspecified atom stereocenters. The summed E-state index contributed by atoms with van der Waals surface area (Å²) in [6, 6.07) is 7.98. The van der Waals surface area contributed by atoms with Crippen LogP contribution in [0.5, 0.6) is 0 Å². The third-order valence-corrected chi connectivity index (χ3v) is 3.85. The molecule has 1 aromatic carbocycles. The summed E-state index contributed by atoms with van der Waals surface area (Å²) >= 11 is 13.6. The van der Waals surface area contributed by atoms with Gasteiger partial charge in [0.15, 0.2) is 0 Å². The number of nitrogens with zero attached hydrogens (tertiary/aromatic N) is 1. The second-order valence-electron chi connectivity index (χ2n) is 3.89. The molecule has 0 aliphatic rings. The Hall–Kier alpha value is -0.700. The lowest BCUT2D eigenvalue weighted by atomic mass is 10.1. The number of hydrogen-bond donors (Lipinski definition) is 0. The number of benzene rings is 1. The Morgan fingerprint density at radius 1 is 1.29 bits per heavy atom. The van der Waals surface area contributed by atoms with Gasteiger partial charge in [0.05, 0.1) is 0 Å². The van der Waals surface area contributed by atoms with Gasteiger partial charge in [0.1, 0.15) is 0 Å². The van der Waals surface area contributed by atoms with Crippen molar-refractivity contribution < 1.29 is 0 Å². The van der Waals surface area contributed by atoms with Crippen molar-refractivity contribution >= 4 is 40.2 Å². The van der Waals surface area contributed by atoms with Gasteiger partial charge in [0, 0.05) is 30.2 Å². The van der Waals surface area contributed by atoms with Crippen LogP contribution < -0.4 is 4.90 Å². The van der Waals surface area contributed by atoms with E-state index in [1.54, 1.807) is 11.3 Å². The zero-order chi connectivity index (χ0) is 12.3. The van der Waals surface area contributed by atoms with Crippen LogP contribution in [0.15, 0.2) is 35.0 Å². The monoisotopic (exact) mass is 285 g/mol. The Kier molecular flexibility index (Phi) is 4.32. The van der Waals surface area contributed by atoms with Gasteiger partial charge in [0.2, 0.25) is 0 Å². The highest BCUT2D eigenvalue weighted by Crippen LogP contribution is 2.26. The molecule has 1 heterocycles. The number of anilines is 1. The first-order valence-corrected chi connectivity index (χ1v) is 7.13. The lowest BCUT2D eigenvalue weighted by Gasteiger charge is -2.21. The maximum Gasteiger partial charge on any atom is 0.0495 e. The molecule has 0 aliphatic carbocycles. The Bertz CT molecular complexity index is 482. The van der Waals surface area contributed by atoms with Crippen molar-refractivity contribution in [2.75, 3.05) is 11.9 Å². The average Bonchev–Trinajstić information content (AvgIpc) is 2.81. The quantitative estimate of drug-likeness (QED) is 0.731. The number of thiophene rings is 1. The topological polar surface area (TPSA) is 3.24 Å².